The molecule has 92 valence electrons. The average Bonchev–Trinajstić information content (AvgIpc) is 2.34. The molecule has 2 rings (SSSR count). The van der Waals surface area contributed by atoms with Crippen molar-refractivity contribution in [2.45, 2.75) is 31.1 Å². The smallest absolute Gasteiger partial charge is 0.158 e. The molecule has 1 saturated carbocycles. The van der Waals surface area contributed by atoms with Crippen molar-refractivity contribution in [2.75, 3.05) is 7.11 Å². The van der Waals surface area contributed by atoms with Crippen molar-refractivity contribution in [3.8, 4) is 5.75 Å². The molecule has 0 saturated heterocycles. The molecule has 0 aliphatic heterocycles. The summed E-state index contributed by atoms with van der Waals surface area (Å²) in [7, 11) is 1.61. The average molecular weight is 253 g/mol. The minimum Gasteiger partial charge on any atom is -0.496 e. The Balaban J connectivity index is 2.45. The maximum atomic E-state index is 12.1. The molecule has 0 heterocycles. The van der Waals surface area contributed by atoms with Crippen molar-refractivity contribution in [3.63, 3.8) is 0 Å². The molecule has 0 N–H and O–H groups in total. The van der Waals surface area contributed by atoms with Crippen LogP contribution in [0, 0.1) is 5.92 Å². The van der Waals surface area contributed by atoms with Gasteiger partial charge in [0.1, 0.15) is 10.6 Å². The van der Waals surface area contributed by atoms with Gasteiger partial charge in [0.2, 0.25) is 0 Å². The SMILES string of the molecule is COc1ccccc1C1(Cl)CC(C)CCC1=O. The molecule has 2 nitrogen and oxygen atoms in total. The largest absolute Gasteiger partial charge is 0.496 e. The molecule has 1 aromatic rings. The van der Waals surface area contributed by atoms with Crippen LogP contribution in [0.4, 0.5) is 0 Å². The van der Waals surface area contributed by atoms with E-state index < -0.39 is 4.87 Å². The van der Waals surface area contributed by atoms with Crippen LogP contribution < -0.4 is 4.74 Å². The molecule has 17 heavy (non-hydrogen) atoms. The van der Waals surface area contributed by atoms with E-state index >= 15 is 0 Å². The highest BCUT2D eigenvalue weighted by atomic mass is 35.5. The molecule has 0 bridgehead atoms. The van der Waals surface area contributed by atoms with E-state index in [2.05, 4.69) is 6.92 Å². The molecule has 2 atom stereocenters. The molecule has 1 aromatic carbocycles. The van der Waals surface area contributed by atoms with E-state index in [4.69, 9.17) is 16.3 Å². The first-order chi connectivity index (χ1) is 8.08. The Morgan fingerprint density at radius 3 is 2.82 bits per heavy atom. The Hall–Kier alpha value is -1.02. The zero-order chi connectivity index (χ0) is 12.5. The number of alkyl halides is 1. The van der Waals surface area contributed by atoms with Crippen LogP contribution in [0.2, 0.25) is 0 Å². The molecule has 0 radical (unpaired) electrons. The van der Waals surface area contributed by atoms with Gasteiger partial charge < -0.3 is 4.74 Å². The summed E-state index contributed by atoms with van der Waals surface area (Å²) >= 11 is 6.60. The standard InChI is InChI=1S/C14H17ClO2/c1-10-7-8-13(16)14(15,9-10)11-5-3-4-6-12(11)17-2/h3-6,10H,7-9H2,1-2H3. The summed E-state index contributed by atoms with van der Waals surface area (Å²) in [4.78, 5) is 11.2. The number of hydrogen-bond donors (Lipinski definition) is 0. The Labute approximate surface area is 107 Å². The Morgan fingerprint density at radius 1 is 1.41 bits per heavy atom. The van der Waals surface area contributed by atoms with Crippen LogP contribution in [0.1, 0.15) is 31.7 Å². The van der Waals surface area contributed by atoms with Gasteiger partial charge in [0.15, 0.2) is 5.78 Å². The zero-order valence-corrected chi connectivity index (χ0v) is 11.0. The first-order valence-electron chi connectivity index (χ1n) is 5.93. The second kappa shape index (κ2) is 4.69. The zero-order valence-electron chi connectivity index (χ0n) is 10.2. The minimum atomic E-state index is -0.899. The molecule has 1 fully saturated rings. The highest BCUT2D eigenvalue weighted by Gasteiger charge is 2.43. The van der Waals surface area contributed by atoms with E-state index in [1.165, 1.54) is 0 Å². The molecule has 3 heteroatoms. The molecule has 0 spiro atoms. The Bertz CT molecular complexity index is 430. The van der Waals surface area contributed by atoms with Gasteiger partial charge in [-0.25, -0.2) is 0 Å². The summed E-state index contributed by atoms with van der Waals surface area (Å²) in [5.41, 5.74) is 0.806. The van der Waals surface area contributed by atoms with Crippen LogP contribution in [-0.4, -0.2) is 12.9 Å². The second-order valence-electron chi connectivity index (χ2n) is 4.77. The third-order valence-corrected chi connectivity index (χ3v) is 4.04. The maximum absolute atomic E-state index is 12.1. The fraction of sp³-hybridized carbons (Fsp3) is 0.500. The van der Waals surface area contributed by atoms with Gasteiger partial charge in [0.25, 0.3) is 0 Å². The quantitative estimate of drug-likeness (QED) is 0.753. The first kappa shape index (κ1) is 12.4. The molecular weight excluding hydrogens is 236 g/mol. The lowest BCUT2D eigenvalue weighted by Gasteiger charge is -2.34. The summed E-state index contributed by atoms with van der Waals surface area (Å²) in [6, 6.07) is 7.53. The van der Waals surface area contributed by atoms with Crippen LogP contribution in [0.3, 0.4) is 0 Å². The van der Waals surface area contributed by atoms with Gasteiger partial charge in [0.05, 0.1) is 7.11 Å². The van der Waals surface area contributed by atoms with Crippen molar-refractivity contribution < 1.29 is 9.53 Å². The minimum absolute atomic E-state index is 0.113. The van der Waals surface area contributed by atoms with Crippen molar-refractivity contribution in [1.29, 1.82) is 0 Å². The van der Waals surface area contributed by atoms with E-state index in [1.807, 2.05) is 24.3 Å². The van der Waals surface area contributed by atoms with Gasteiger partial charge >= 0.3 is 0 Å². The number of Topliss-reactive ketones (excluding diaryl/α,β-unsaturated/α-hetero) is 1. The highest BCUT2D eigenvalue weighted by molar-refractivity contribution is 6.35. The van der Waals surface area contributed by atoms with Crippen LogP contribution >= 0.6 is 11.6 Å². The number of rotatable bonds is 2. The lowest BCUT2D eigenvalue weighted by atomic mass is 9.77. The highest BCUT2D eigenvalue weighted by Crippen LogP contribution is 2.45. The summed E-state index contributed by atoms with van der Waals surface area (Å²) in [6.07, 6.45) is 2.18. The van der Waals surface area contributed by atoms with Crippen LogP contribution in [0.5, 0.6) is 5.75 Å². The van der Waals surface area contributed by atoms with E-state index in [0.717, 1.165) is 12.0 Å². The van der Waals surface area contributed by atoms with E-state index in [-0.39, 0.29) is 5.78 Å². The number of carbonyl (C=O) groups excluding carboxylic acids is 1. The summed E-state index contributed by atoms with van der Waals surface area (Å²) in [5, 5.41) is 0. The van der Waals surface area contributed by atoms with Crippen molar-refractivity contribution in [3.05, 3.63) is 29.8 Å². The molecule has 0 aromatic heterocycles. The number of halogens is 1. The fourth-order valence-electron chi connectivity index (χ4n) is 2.50. The van der Waals surface area contributed by atoms with Crippen molar-refractivity contribution >= 4 is 17.4 Å². The number of methoxy groups -OCH3 is 1. The fourth-order valence-corrected chi connectivity index (χ4v) is 3.02. The van der Waals surface area contributed by atoms with Gasteiger partial charge in [-0.05, 0) is 24.8 Å². The maximum Gasteiger partial charge on any atom is 0.158 e. The second-order valence-corrected chi connectivity index (χ2v) is 5.42. The number of benzene rings is 1. The van der Waals surface area contributed by atoms with Gasteiger partial charge in [0, 0.05) is 12.0 Å². The van der Waals surface area contributed by atoms with Crippen molar-refractivity contribution in [2.24, 2.45) is 5.92 Å². The monoisotopic (exact) mass is 252 g/mol. The number of hydrogen-bond acceptors (Lipinski definition) is 2. The predicted molar refractivity (Wildman–Crippen MR) is 68.5 cm³/mol. The molecule has 2 unspecified atom stereocenters. The van der Waals surface area contributed by atoms with E-state index in [1.54, 1.807) is 7.11 Å². The van der Waals surface area contributed by atoms with E-state index in [0.29, 0.717) is 24.5 Å². The van der Waals surface area contributed by atoms with E-state index in [9.17, 15) is 4.79 Å². The van der Waals surface area contributed by atoms with Crippen LogP contribution in [0.25, 0.3) is 0 Å². The van der Waals surface area contributed by atoms with Gasteiger partial charge in [-0.3, -0.25) is 4.79 Å². The summed E-state index contributed by atoms with van der Waals surface area (Å²) in [6.45, 7) is 2.14. The third kappa shape index (κ3) is 2.19. The lowest BCUT2D eigenvalue weighted by molar-refractivity contribution is -0.124. The normalized spacial score (nSPS) is 29.1. The van der Waals surface area contributed by atoms with Crippen molar-refractivity contribution in [1.82, 2.24) is 0 Å². The topological polar surface area (TPSA) is 26.3 Å². The third-order valence-electron chi connectivity index (χ3n) is 3.47. The molecular formula is C14H17ClO2. The van der Waals surface area contributed by atoms with Crippen LogP contribution in [0.15, 0.2) is 24.3 Å². The van der Waals surface area contributed by atoms with Gasteiger partial charge in [-0.2, -0.15) is 0 Å². The molecule has 0 amide bonds. The predicted octanol–water partition coefficient (Wildman–Crippen LogP) is 3.52. The number of carbonyl (C=O) groups is 1. The number of ketones is 1. The summed E-state index contributed by atoms with van der Waals surface area (Å²) < 4.78 is 5.31. The van der Waals surface area contributed by atoms with Gasteiger partial charge in [-0.15, -0.1) is 11.6 Å². The first-order valence-corrected chi connectivity index (χ1v) is 6.31. The number of ether oxygens (including phenoxy) is 1. The Morgan fingerprint density at radius 2 is 2.12 bits per heavy atom. The molecule has 1 aliphatic carbocycles. The summed E-state index contributed by atoms with van der Waals surface area (Å²) in [5.74, 6) is 1.28. The lowest BCUT2D eigenvalue weighted by Crippen LogP contribution is -2.36. The van der Waals surface area contributed by atoms with Gasteiger partial charge in [-0.1, -0.05) is 25.1 Å². The number of para-hydroxylation sites is 1. The molecule has 1 aliphatic rings. The van der Waals surface area contributed by atoms with Crippen LogP contribution in [-0.2, 0) is 9.67 Å². The Kier molecular flexibility index (Phi) is 3.43.